The summed E-state index contributed by atoms with van der Waals surface area (Å²) in [7, 11) is 0. The van der Waals surface area contributed by atoms with E-state index in [0.29, 0.717) is 11.4 Å². The molecule has 2 amide bonds. The molecule has 16 heavy (non-hydrogen) atoms. The van der Waals surface area contributed by atoms with Gasteiger partial charge in [0.2, 0.25) is 11.8 Å². The highest BCUT2D eigenvalue weighted by molar-refractivity contribution is 7.81. The molecule has 0 fully saturated rings. The summed E-state index contributed by atoms with van der Waals surface area (Å²) in [5.74, 6) is -0.150. The van der Waals surface area contributed by atoms with Crippen molar-refractivity contribution in [1.29, 1.82) is 0 Å². The number of carbonyl (C=O) groups is 2. The van der Waals surface area contributed by atoms with Crippen LogP contribution in [0, 0.1) is 0 Å². The van der Waals surface area contributed by atoms with Crippen LogP contribution in [-0.4, -0.2) is 23.3 Å². The Morgan fingerprint density at radius 1 is 1.00 bits per heavy atom. The standard InChI is InChI=1S/C10H12N2O2S2/c13-9(5-15)11-7-2-1-3-8(4-7)12-10(14)6-16/h1-4,15-16H,5-6H2,(H,11,13)(H,12,14). The third kappa shape index (κ3) is 4.16. The third-order valence-corrected chi connectivity index (χ3v) is 2.29. The largest absolute Gasteiger partial charge is 0.325 e. The molecule has 86 valence electrons. The molecule has 1 rings (SSSR count). The average molecular weight is 256 g/mol. The van der Waals surface area contributed by atoms with Crippen molar-refractivity contribution in [3.05, 3.63) is 24.3 Å². The van der Waals surface area contributed by atoms with E-state index in [1.165, 1.54) is 0 Å². The van der Waals surface area contributed by atoms with Gasteiger partial charge in [-0.2, -0.15) is 25.3 Å². The van der Waals surface area contributed by atoms with Crippen molar-refractivity contribution in [1.82, 2.24) is 0 Å². The second-order valence-corrected chi connectivity index (χ2v) is 3.63. The molecule has 4 nitrogen and oxygen atoms in total. The first-order chi connectivity index (χ1) is 7.65. The fraction of sp³-hybridized carbons (Fsp3) is 0.200. The van der Waals surface area contributed by atoms with Crippen molar-refractivity contribution in [2.75, 3.05) is 22.1 Å². The van der Waals surface area contributed by atoms with E-state index in [1.807, 2.05) is 0 Å². The van der Waals surface area contributed by atoms with Crippen LogP contribution in [0.1, 0.15) is 0 Å². The minimum Gasteiger partial charge on any atom is -0.325 e. The fourth-order valence-corrected chi connectivity index (χ4v) is 1.23. The Morgan fingerprint density at radius 2 is 1.44 bits per heavy atom. The van der Waals surface area contributed by atoms with Crippen LogP contribution >= 0.6 is 25.3 Å². The monoisotopic (exact) mass is 256 g/mol. The van der Waals surface area contributed by atoms with Crippen molar-refractivity contribution in [2.45, 2.75) is 0 Å². The molecule has 0 spiro atoms. The first kappa shape index (κ1) is 12.9. The zero-order valence-electron chi connectivity index (χ0n) is 8.43. The number of anilines is 2. The Labute approximate surface area is 105 Å². The van der Waals surface area contributed by atoms with Crippen molar-refractivity contribution < 1.29 is 9.59 Å². The van der Waals surface area contributed by atoms with Crippen molar-refractivity contribution in [2.24, 2.45) is 0 Å². The number of thiol groups is 2. The summed E-state index contributed by atoms with van der Waals surface area (Å²) >= 11 is 7.70. The normalized spacial score (nSPS) is 9.62. The highest BCUT2D eigenvalue weighted by Gasteiger charge is 2.02. The van der Waals surface area contributed by atoms with Crippen LogP contribution in [0.3, 0.4) is 0 Å². The quantitative estimate of drug-likeness (QED) is 0.616. The van der Waals surface area contributed by atoms with Gasteiger partial charge in [0, 0.05) is 11.4 Å². The van der Waals surface area contributed by atoms with Gasteiger partial charge in [0.25, 0.3) is 0 Å². The Morgan fingerprint density at radius 3 is 1.81 bits per heavy atom. The maximum atomic E-state index is 11.1. The SMILES string of the molecule is O=C(CS)Nc1cccc(NC(=O)CS)c1. The zero-order valence-corrected chi connectivity index (χ0v) is 10.2. The van der Waals surface area contributed by atoms with E-state index in [9.17, 15) is 9.59 Å². The van der Waals surface area contributed by atoms with E-state index in [4.69, 9.17) is 0 Å². The van der Waals surface area contributed by atoms with Gasteiger partial charge < -0.3 is 10.6 Å². The van der Waals surface area contributed by atoms with E-state index in [1.54, 1.807) is 24.3 Å². The summed E-state index contributed by atoms with van der Waals surface area (Å²) in [4.78, 5) is 22.2. The van der Waals surface area contributed by atoms with E-state index < -0.39 is 0 Å². The van der Waals surface area contributed by atoms with Crippen LogP contribution in [0.15, 0.2) is 24.3 Å². The molecule has 2 N–H and O–H groups in total. The highest BCUT2D eigenvalue weighted by atomic mass is 32.1. The van der Waals surface area contributed by atoms with Gasteiger partial charge in [0.1, 0.15) is 0 Å². The van der Waals surface area contributed by atoms with E-state index in [-0.39, 0.29) is 23.3 Å². The summed E-state index contributed by atoms with van der Waals surface area (Å²) < 4.78 is 0. The molecule has 0 unspecified atom stereocenters. The molecule has 1 aromatic carbocycles. The van der Waals surface area contributed by atoms with Gasteiger partial charge in [0.05, 0.1) is 11.5 Å². The summed E-state index contributed by atoms with van der Waals surface area (Å²) in [6, 6.07) is 6.88. The highest BCUT2D eigenvalue weighted by Crippen LogP contribution is 2.15. The number of amides is 2. The van der Waals surface area contributed by atoms with Gasteiger partial charge in [-0.3, -0.25) is 9.59 Å². The summed E-state index contributed by atoms with van der Waals surface area (Å²) in [6.07, 6.45) is 0. The summed E-state index contributed by atoms with van der Waals surface area (Å²) in [5.41, 5.74) is 1.24. The molecule has 6 heteroatoms. The smallest absolute Gasteiger partial charge is 0.234 e. The number of nitrogens with one attached hydrogen (secondary N) is 2. The molecule has 0 aliphatic rings. The molecule has 0 heterocycles. The van der Waals surface area contributed by atoms with E-state index in [0.717, 1.165) is 0 Å². The first-order valence-electron chi connectivity index (χ1n) is 4.57. The van der Waals surface area contributed by atoms with Crippen molar-refractivity contribution in [3.8, 4) is 0 Å². The van der Waals surface area contributed by atoms with Crippen LogP contribution in [0.4, 0.5) is 11.4 Å². The molecule has 0 aliphatic heterocycles. The molecule has 1 aromatic rings. The summed E-state index contributed by atoms with van der Waals surface area (Å²) in [6.45, 7) is 0. The lowest BCUT2D eigenvalue weighted by Gasteiger charge is -2.07. The van der Waals surface area contributed by atoms with Gasteiger partial charge >= 0.3 is 0 Å². The zero-order chi connectivity index (χ0) is 12.0. The molecule has 0 bridgehead atoms. The van der Waals surface area contributed by atoms with Gasteiger partial charge in [-0.05, 0) is 18.2 Å². The average Bonchev–Trinajstić information content (AvgIpc) is 2.29. The molecule has 0 aromatic heterocycles. The molecule has 0 aliphatic carbocycles. The predicted octanol–water partition coefficient (Wildman–Crippen LogP) is 1.42. The second kappa shape index (κ2) is 6.44. The summed E-state index contributed by atoms with van der Waals surface area (Å²) in [5, 5.41) is 5.28. The number of carbonyl (C=O) groups excluding carboxylic acids is 2. The lowest BCUT2D eigenvalue weighted by Crippen LogP contribution is -2.14. The number of rotatable bonds is 4. The number of hydrogen-bond acceptors (Lipinski definition) is 4. The molecule has 0 atom stereocenters. The maximum Gasteiger partial charge on any atom is 0.234 e. The van der Waals surface area contributed by atoms with Crippen LogP contribution in [0.2, 0.25) is 0 Å². The minimum absolute atomic E-state index is 0.118. The topological polar surface area (TPSA) is 58.2 Å². The molecule has 0 saturated heterocycles. The molecule has 0 saturated carbocycles. The van der Waals surface area contributed by atoms with Crippen LogP contribution in [0.5, 0.6) is 0 Å². The Bertz CT molecular complexity index is 363. The van der Waals surface area contributed by atoms with E-state index >= 15 is 0 Å². The predicted molar refractivity (Wildman–Crippen MR) is 71.4 cm³/mol. The van der Waals surface area contributed by atoms with Gasteiger partial charge in [-0.1, -0.05) is 6.07 Å². The van der Waals surface area contributed by atoms with Gasteiger partial charge in [-0.15, -0.1) is 0 Å². The fourth-order valence-electron chi connectivity index (χ4n) is 1.08. The van der Waals surface area contributed by atoms with E-state index in [2.05, 4.69) is 35.9 Å². The third-order valence-electron chi connectivity index (χ3n) is 1.72. The Balaban J connectivity index is 2.71. The van der Waals surface area contributed by atoms with Crippen LogP contribution in [-0.2, 0) is 9.59 Å². The van der Waals surface area contributed by atoms with Crippen LogP contribution in [0.25, 0.3) is 0 Å². The second-order valence-electron chi connectivity index (χ2n) is 2.99. The number of benzene rings is 1. The van der Waals surface area contributed by atoms with Crippen molar-refractivity contribution >= 4 is 48.4 Å². The Hall–Kier alpha value is -1.14. The first-order valence-corrected chi connectivity index (χ1v) is 5.83. The minimum atomic E-state index is -0.194. The lowest BCUT2D eigenvalue weighted by atomic mass is 10.2. The van der Waals surface area contributed by atoms with Crippen LogP contribution < -0.4 is 10.6 Å². The molecular formula is C10H12N2O2S2. The molecular weight excluding hydrogens is 244 g/mol. The number of hydrogen-bond donors (Lipinski definition) is 4. The maximum absolute atomic E-state index is 11.1. The van der Waals surface area contributed by atoms with Gasteiger partial charge in [0.15, 0.2) is 0 Å². The van der Waals surface area contributed by atoms with Crippen molar-refractivity contribution in [3.63, 3.8) is 0 Å². The Kier molecular flexibility index (Phi) is 5.21. The molecule has 0 radical (unpaired) electrons. The van der Waals surface area contributed by atoms with Gasteiger partial charge in [-0.25, -0.2) is 0 Å². The lowest BCUT2D eigenvalue weighted by molar-refractivity contribution is -0.114.